The molecule has 0 fully saturated rings. The van der Waals surface area contributed by atoms with Crippen molar-refractivity contribution < 1.29 is 11.0 Å². The van der Waals surface area contributed by atoms with Gasteiger partial charge in [0.2, 0.25) is 0 Å². The van der Waals surface area contributed by atoms with Crippen molar-refractivity contribution in [1.82, 2.24) is 19.5 Å². The summed E-state index contributed by atoms with van der Waals surface area (Å²) >= 11 is 0. The fourth-order valence-electron chi connectivity index (χ4n) is 17.2. The van der Waals surface area contributed by atoms with Crippen molar-refractivity contribution >= 4 is 79.0 Å². The zero-order valence-corrected chi connectivity index (χ0v) is 71.1. The number of fused-ring (bicyclic) bond motifs is 7. The molecule has 582 valence electrons. The van der Waals surface area contributed by atoms with Crippen LogP contribution in [-0.4, -0.2) is 26.2 Å². The van der Waals surface area contributed by atoms with Crippen molar-refractivity contribution in [2.24, 2.45) is 0 Å². The second-order valence-electron chi connectivity index (χ2n) is 38.4. The number of aromatic nitrogens is 4. The van der Waals surface area contributed by atoms with E-state index in [0.29, 0.717) is 40.1 Å². The van der Waals surface area contributed by atoms with Crippen LogP contribution < -0.4 is 26.2 Å². The highest BCUT2D eigenvalue weighted by Gasteiger charge is 2.47. The van der Waals surface area contributed by atoms with Gasteiger partial charge in [0.25, 0.3) is 6.71 Å². The van der Waals surface area contributed by atoms with E-state index in [2.05, 4.69) is 322 Å². The van der Waals surface area contributed by atoms with Gasteiger partial charge >= 0.3 is 0 Å². The molecule has 0 bridgehead atoms. The molecule has 0 spiro atoms. The van der Waals surface area contributed by atoms with Crippen LogP contribution in [0.15, 0.2) is 309 Å². The van der Waals surface area contributed by atoms with Crippen LogP contribution in [0, 0.1) is 0 Å². The number of nitrogens with zero attached hydrogens (tertiary/aromatic N) is 6. The smallest absolute Gasteiger partial charge is 0.252 e. The molecule has 7 heteroatoms. The Hall–Kier alpha value is -12.4. The Kier molecular flexibility index (Phi) is 16.5. The van der Waals surface area contributed by atoms with Crippen LogP contribution >= 0.6 is 0 Å². The van der Waals surface area contributed by atoms with Gasteiger partial charge in [-0.25, -0.2) is 15.0 Å². The van der Waals surface area contributed by atoms with Crippen LogP contribution in [0.3, 0.4) is 0 Å². The molecule has 0 N–H and O–H groups in total. The van der Waals surface area contributed by atoms with Gasteiger partial charge in [0.05, 0.1) is 33.4 Å². The predicted molar refractivity (Wildman–Crippen MR) is 504 cm³/mol. The molecule has 2 aliphatic heterocycles. The highest BCUT2D eigenvalue weighted by atomic mass is 15.2. The van der Waals surface area contributed by atoms with Gasteiger partial charge in [-0.15, -0.1) is 0 Å². The molecule has 118 heavy (non-hydrogen) atoms. The zero-order valence-electron chi connectivity index (χ0n) is 79.1. The molecule has 0 amide bonds. The fourth-order valence-corrected chi connectivity index (χ4v) is 17.2. The minimum absolute atomic E-state index is 0.00757. The molecule has 2 aromatic heterocycles. The molecule has 18 rings (SSSR count). The first kappa shape index (κ1) is 67.7. The topological polar surface area (TPSA) is 50.1 Å². The van der Waals surface area contributed by atoms with Crippen molar-refractivity contribution in [2.75, 3.05) is 9.80 Å². The lowest BCUT2D eigenvalue weighted by molar-refractivity contribution is 0.568. The average molecular weight is 1540 g/mol. The third-order valence-electron chi connectivity index (χ3n) is 23.9. The molecule has 0 saturated carbocycles. The first-order chi connectivity index (χ1) is 59.6. The highest BCUT2D eigenvalue weighted by Crippen LogP contribution is 2.56. The molecule has 2 aliphatic rings. The summed E-state index contributed by atoms with van der Waals surface area (Å²) in [6.07, 6.45) is 0. The molecule has 4 heterocycles. The van der Waals surface area contributed by atoms with E-state index < -0.39 is 60.5 Å². The summed E-state index contributed by atoms with van der Waals surface area (Å²) in [5.41, 5.74) is 25.6. The van der Waals surface area contributed by atoms with Gasteiger partial charge in [-0.1, -0.05) is 367 Å². The first-order valence-electron chi connectivity index (χ1n) is 45.4. The van der Waals surface area contributed by atoms with Crippen molar-refractivity contribution in [3.05, 3.63) is 343 Å². The molecule has 0 atom stereocenters. The van der Waals surface area contributed by atoms with Crippen LogP contribution in [0.5, 0.6) is 0 Å². The molecule has 14 aromatic carbocycles. The minimum Gasteiger partial charge on any atom is -0.310 e. The Balaban J connectivity index is 1.10. The Morgan fingerprint density at radius 1 is 0.263 bits per heavy atom. The summed E-state index contributed by atoms with van der Waals surface area (Å²) in [6.45, 7) is 40.5. The largest absolute Gasteiger partial charge is 0.310 e. The quantitative estimate of drug-likeness (QED) is 0.121. The second kappa shape index (κ2) is 28.7. The van der Waals surface area contributed by atoms with Crippen LogP contribution in [0.4, 0.5) is 34.1 Å². The van der Waals surface area contributed by atoms with Crippen molar-refractivity contribution in [1.29, 1.82) is 0 Å². The number of benzene rings is 14. The molecule has 0 aliphatic carbocycles. The maximum atomic E-state index is 10.1. The fraction of sp³-hybridized carbons (Fsp3) is 0.216. The summed E-state index contributed by atoms with van der Waals surface area (Å²) in [6, 6.07) is 90.8. The standard InChI is InChI=1S/C111H105BN6/c1-106(2,3)79-56-76(57-80(63-79)107(4,5)6)75-52-54-92-96(60-75)117(101-88(70-38-24-19-25-39-70)65-83(110(13,14)15)66-89(101)71-40-26-20-27-41-71)98-61-78(77-58-81(108(7,8)9)64-82(59-77)109(10,11)12)62-99-100(98)112(92)93-55-53-85(116-94-50-36-34-48-86(94)87-49-35-37-51-95(87)116)69-97(93)118(99)102-90(72-42-28-21-29-43-72)67-84(111(16,17)18)68-91(102)105-114-103(73-44-30-22-31-45-73)113-104(115-105)74-46-32-23-33-47-74/h19-69H,1-18H3/i34D,35D,36D,37D,48D,49D,50D,51D. The van der Waals surface area contributed by atoms with Crippen LogP contribution in [0.25, 0.3) is 117 Å². The molecular weight excluding hydrogens is 1430 g/mol. The minimum atomic E-state index is -0.604. The number of anilines is 6. The first-order valence-corrected chi connectivity index (χ1v) is 41.4. The van der Waals surface area contributed by atoms with E-state index in [9.17, 15) is 11.0 Å². The van der Waals surface area contributed by atoms with Crippen LogP contribution in [-0.2, 0) is 32.5 Å². The Bertz CT molecular complexity index is 6850. The molecular formula is C111H105BN6. The number of rotatable bonds is 11. The normalized spacial score (nSPS) is 14.1. The van der Waals surface area contributed by atoms with Gasteiger partial charge in [-0.05, 0) is 188 Å². The second-order valence-corrected chi connectivity index (χ2v) is 38.4. The third-order valence-corrected chi connectivity index (χ3v) is 23.9. The van der Waals surface area contributed by atoms with Crippen LogP contribution in [0.2, 0.25) is 0 Å². The molecule has 16 aromatic rings. The van der Waals surface area contributed by atoms with Gasteiger partial charge in [0.1, 0.15) is 0 Å². The SMILES string of the molecule is [2H]c1c([2H])c([2H])c2c(c1[2H])c1c([2H])c([2H])c([2H])c([2H])c1n2-c1ccc2c(c1)N(c1c(-c3ccccc3)cc(C(C)(C)C)cc1-c1nc(-c3ccccc3)nc(-c3ccccc3)n1)c1cc(-c3cc(C(C)(C)C)cc(C(C)(C)C)c3)cc3c1B2c1ccc(-c2cc(C(C)(C)C)cc(C(C)(C)C)c2)cc1N3c1c(-c2ccccc2)cc(C(C)(C)C)cc1-c1ccccc1. The van der Waals surface area contributed by atoms with Crippen molar-refractivity contribution in [3.8, 4) is 95.5 Å². The lowest BCUT2D eigenvalue weighted by Gasteiger charge is -2.46. The summed E-state index contributed by atoms with van der Waals surface area (Å²) in [7, 11) is 0. The summed E-state index contributed by atoms with van der Waals surface area (Å²) < 4.78 is 79.0. The Morgan fingerprint density at radius 2 is 0.568 bits per heavy atom. The Labute approximate surface area is 710 Å². The number of para-hydroxylation sites is 2. The van der Waals surface area contributed by atoms with E-state index in [1.54, 1.807) is 4.57 Å². The summed E-state index contributed by atoms with van der Waals surface area (Å²) in [5, 5.41) is -0.0388. The van der Waals surface area contributed by atoms with E-state index in [1.165, 1.54) is 27.8 Å². The highest BCUT2D eigenvalue weighted by molar-refractivity contribution is 7.00. The van der Waals surface area contributed by atoms with E-state index in [1.807, 2.05) is 72.8 Å². The summed E-state index contributed by atoms with van der Waals surface area (Å²) in [4.78, 5) is 21.9. The number of hydrogen-bond acceptors (Lipinski definition) is 5. The van der Waals surface area contributed by atoms with Crippen molar-refractivity contribution in [2.45, 2.75) is 157 Å². The van der Waals surface area contributed by atoms with E-state index in [-0.39, 0.29) is 48.9 Å². The van der Waals surface area contributed by atoms with Gasteiger partial charge in [-0.3, -0.25) is 0 Å². The van der Waals surface area contributed by atoms with Gasteiger partial charge in [-0.2, -0.15) is 0 Å². The van der Waals surface area contributed by atoms with Crippen molar-refractivity contribution in [3.63, 3.8) is 0 Å². The van der Waals surface area contributed by atoms with Gasteiger partial charge in [0.15, 0.2) is 17.5 Å². The molecule has 6 nitrogen and oxygen atoms in total. The number of hydrogen-bond donors (Lipinski definition) is 0. The predicted octanol–water partition coefficient (Wildman–Crippen LogP) is 28.2. The zero-order chi connectivity index (χ0) is 89.2. The van der Waals surface area contributed by atoms with E-state index in [4.69, 9.17) is 15.0 Å². The average Bonchev–Trinajstić information content (AvgIpc) is 0.737. The molecule has 0 unspecified atom stereocenters. The monoisotopic (exact) mass is 1540 g/mol. The van der Waals surface area contributed by atoms with Gasteiger partial charge < -0.3 is 14.4 Å². The molecule has 0 saturated heterocycles. The van der Waals surface area contributed by atoms with E-state index in [0.717, 1.165) is 111 Å². The lowest BCUT2D eigenvalue weighted by atomic mass is 9.33. The van der Waals surface area contributed by atoms with Crippen LogP contribution in [0.1, 0.15) is 169 Å². The maximum Gasteiger partial charge on any atom is 0.252 e. The van der Waals surface area contributed by atoms with Gasteiger partial charge in [0, 0.05) is 72.6 Å². The van der Waals surface area contributed by atoms with E-state index >= 15 is 0 Å². The lowest BCUT2D eigenvalue weighted by Crippen LogP contribution is -2.61. The molecule has 0 radical (unpaired) electrons. The third kappa shape index (κ3) is 13.9. The Morgan fingerprint density at radius 3 is 0.958 bits per heavy atom. The maximum absolute atomic E-state index is 10.1. The summed E-state index contributed by atoms with van der Waals surface area (Å²) in [5.74, 6) is 1.33.